The third-order valence-electron chi connectivity index (χ3n) is 2.12. The van der Waals surface area contributed by atoms with Crippen LogP contribution in [-0.2, 0) is 0 Å². The number of hydrogen-bond donors (Lipinski definition) is 1. The summed E-state index contributed by atoms with van der Waals surface area (Å²) in [5.41, 5.74) is -0.125. The van der Waals surface area contributed by atoms with Crippen LogP contribution in [0.15, 0.2) is 16.6 Å². The highest BCUT2D eigenvalue weighted by atomic mass is 79.9. The second-order valence-corrected chi connectivity index (χ2v) is 4.45. The lowest BCUT2D eigenvalue weighted by Gasteiger charge is -2.20. The Kier molecular flexibility index (Phi) is 4.57. The van der Waals surface area contributed by atoms with Crippen molar-refractivity contribution < 1.29 is 23.4 Å². The van der Waals surface area contributed by atoms with E-state index in [2.05, 4.69) is 15.9 Å². The molecule has 7 heteroatoms. The SMILES string of the molecule is COc1ccc(C(O)C(F)(F)Cl)c(OC)c1Br. The van der Waals surface area contributed by atoms with E-state index in [4.69, 9.17) is 21.1 Å². The van der Waals surface area contributed by atoms with Gasteiger partial charge >= 0.3 is 5.38 Å². The summed E-state index contributed by atoms with van der Waals surface area (Å²) in [5, 5.41) is 5.66. The van der Waals surface area contributed by atoms with E-state index >= 15 is 0 Å². The van der Waals surface area contributed by atoms with Crippen molar-refractivity contribution in [1.29, 1.82) is 0 Å². The highest BCUT2D eigenvalue weighted by molar-refractivity contribution is 9.10. The zero-order valence-electron chi connectivity index (χ0n) is 9.01. The molecule has 0 aliphatic heterocycles. The molecule has 1 unspecified atom stereocenters. The topological polar surface area (TPSA) is 38.7 Å². The molecule has 0 aliphatic rings. The van der Waals surface area contributed by atoms with Gasteiger partial charge in [-0.05, 0) is 39.7 Å². The van der Waals surface area contributed by atoms with Crippen LogP contribution in [0.4, 0.5) is 8.78 Å². The summed E-state index contributed by atoms with van der Waals surface area (Å²) in [6, 6.07) is 2.69. The van der Waals surface area contributed by atoms with E-state index in [1.807, 2.05) is 0 Å². The number of aliphatic hydroxyl groups is 1. The lowest BCUT2D eigenvalue weighted by molar-refractivity contribution is -0.0435. The monoisotopic (exact) mass is 330 g/mol. The lowest BCUT2D eigenvalue weighted by Crippen LogP contribution is -2.19. The molecule has 17 heavy (non-hydrogen) atoms. The average Bonchev–Trinajstić information content (AvgIpc) is 2.26. The number of hydrogen-bond acceptors (Lipinski definition) is 3. The minimum absolute atomic E-state index is 0.0529. The lowest BCUT2D eigenvalue weighted by atomic mass is 10.1. The second-order valence-electron chi connectivity index (χ2n) is 3.15. The fourth-order valence-electron chi connectivity index (χ4n) is 1.31. The van der Waals surface area contributed by atoms with Crippen LogP contribution < -0.4 is 9.47 Å². The van der Waals surface area contributed by atoms with E-state index in [1.54, 1.807) is 0 Å². The maximum atomic E-state index is 12.8. The van der Waals surface area contributed by atoms with Gasteiger partial charge in [-0.15, -0.1) is 0 Å². The molecule has 0 heterocycles. The number of ether oxygens (including phenoxy) is 2. The molecule has 0 radical (unpaired) electrons. The molecule has 0 spiro atoms. The van der Waals surface area contributed by atoms with Gasteiger partial charge in [-0.25, -0.2) is 0 Å². The molecule has 1 atom stereocenters. The smallest absolute Gasteiger partial charge is 0.351 e. The molecule has 0 aromatic heterocycles. The van der Waals surface area contributed by atoms with Crippen LogP contribution in [0.5, 0.6) is 11.5 Å². The quantitative estimate of drug-likeness (QED) is 0.860. The molecule has 3 nitrogen and oxygen atoms in total. The number of halogens is 4. The molecule has 1 aromatic rings. The van der Waals surface area contributed by atoms with Crippen LogP contribution in [-0.4, -0.2) is 24.7 Å². The molecule has 0 fully saturated rings. The normalized spacial score (nSPS) is 13.4. The molecular weight excluding hydrogens is 321 g/mol. The van der Waals surface area contributed by atoms with Gasteiger partial charge in [0.25, 0.3) is 0 Å². The van der Waals surface area contributed by atoms with Crippen molar-refractivity contribution in [1.82, 2.24) is 0 Å². The van der Waals surface area contributed by atoms with Gasteiger partial charge in [0, 0.05) is 5.56 Å². The first-order chi connectivity index (χ1) is 7.82. The van der Waals surface area contributed by atoms with Crippen LogP contribution in [0.1, 0.15) is 11.7 Å². The van der Waals surface area contributed by atoms with E-state index in [0.717, 1.165) is 0 Å². The molecule has 1 N–H and O–H groups in total. The minimum atomic E-state index is -3.78. The summed E-state index contributed by atoms with van der Waals surface area (Å²) in [4.78, 5) is 0. The molecule has 0 amide bonds. The fraction of sp³-hybridized carbons (Fsp3) is 0.400. The zero-order valence-corrected chi connectivity index (χ0v) is 11.3. The van der Waals surface area contributed by atoms with Crippen molar-refractivity contribution in [2.75, 3.05) is 14.2 Å². The molecule has 0 bridgehead atoms. The first kappa shape index (κ1) is 14.5. The van der Waals surface area contributed by atoms with Gasteiger partial charge in [0.2, 0.25) is 0 Å². The van der Waals surface area contributed by atoms with Crippen LogP contribution in [0, 0.1) is 0 Å². The minimum Gasteiger partial charge on any atom is -0.495 e. The maximum Gasteiger partial charge on any atom is 0.351 e. The molecule has 0 saturated heterocycles. The van der Waals surface area contributed by atoms with Crippen LogP contribution in [0.2, 0.25) is 0 Å². The van der Waals surface area contributed by atoms with Gasteiger partial charge in [0.1, 0.15) is 16.0 Å². The van der Waals surface area contributed by atoms with Gasteiger partial charge in [-0.3, -0.25) is 0 Å². The van der Waals surface area contributed by atoms with Crippen molar-refractivity contribution in [2.45, 2.75) is 11.5 Å². The predicted molar refractivity (Wildman–Crippen MR) is 63.0 cm³/mol. The van der Waals surface area contributed by atoms with Gasteiger partial charge in [-0.1, -0.05) is 0 Å². The Morgan fingerprint density at radius 2 is 1.94 bits per heavy atom. The molecule has 0 saturated carbocycles. The van der Waals surface area contributed by atoms with E-state index in [1.165, 1.54) is 26.4 Å². The number of rotatable bonds is 4. The van der Waals surface area contributed by atoms with E-state index in [0.29, 0.717) is 10.2 Å². The number of methoxy groups -OCH3 is 2. The van der Waals surface area contributed by atoms with E-state index in [-0.39, 0.29) is 11.3 Å². The molecule has 96 valence electrons. The summed E-state index contributed by atoms with van der Waals surface area (Å²) < 4.78 is 36.0. The predicted octanol–water partition coefficient (Wildman–Crippen LogP) is 3.33. The third-order valence-corrected chi connectivity index (χ3v) is 3.08. The summed E-state index contributed by atoms with van der Waals surface area (Å²) >= 11 is 7.93. The van der Waals surface area contributed by atoms with Gasteiger partial charge in [-0.2, -0.15) is 8.78 Å². The highest BCUT2D eigenvalue weighted by Gasteiger charge is 2.39. The first-order valence-corrected chi connectivity index (χ1v) is 5.65. The summed E-state index contributed by atoms with van der Waals surface area (Å²) in [6.45, 7) is 0. The van der Waals surface area contributed by atoms with E-state index < -0.39 is 11.5 Å². The maximum absolute atomic E-state index is 12.8. The van der Waals surface area contributed by atoms with Gasteiger partial charge in [0.05, 0.1) is 14.2 Å². The summed E-state index contributed by atoms with van der Waals surface area (Å²) in [6.07, 6.45) is -2.17. The zero-order chi connectivity index (χ0) is 13.2. The van der Waals surface area contributed by atoms with Crippen molar-refractivity contribution in [3.63, 3.8) is 0 Å². The Bertz CT molecular complexity index is 409. The van der Waals surface area contributed by atoms with Crippen molar-refractivity contribution in [3.8, 4) is 11.5 Å². The van der Waals surface area contributed by atoms with Crippen LogP contribution in [0.3, 0.4) is 0 Å². The van der Waals surface area contributed by atoms with E-state index in [9.17, 15) is 13.9 Å². The Morgan fingerprint density at radius 3 is 2.35 bits per heavy atom. The van der Waals surface area contributed by atoms with Crippen LogP contribution >= 0.6 is 27.5 Å². The van der Waals surface area contributed by atoms with Crippen LogP contribution in [0.25, 0.3) is 0 Å². The van der Waals surface area contributed by atoms with Crippen molar-refractivity contribution in [2.24, 2.45) is 0 Å². The Morgan fingerprint density at radius 1 is 1.35 bits per heavy atom. The number of aliphatic hydroxyl groups excluding tert-OH is 1. The highest BCUT2D eigenvalue weighted by Crippen LogP contribution is 2.44. The van der Waals surface area contributed by atoms with Gasteiger partial charge in [0.15, 0.2) is 6.10 Å². The molecular formula is C10H10BrClF2O3. The largest absolute Gasteiger partial charge is 0.495 e. The fourth-order valence-corrected chi connectivity index (χ4v) is 2.11. The summed E-state index contributed by atoms with van der Waals surface area (Å²) in [7, 11) is 2.72. The Balaban J connectivity index is 3.31. The first-order valence-electron chi connectivity index (χ1n) is 4.48. The molecule has 0 aliphatic carbocycles. The third kappa shape index (κ3) is 3.00. The standard InChI is InChI=1S/C10H10BrClF2O3/c1-16-6-4-3-5(8(17-2)7(6)11)9(15)10(12,13)14/h3-4,9,15H,1-2H3. The number of benzene rings is 1. The molecule has 1 rings (SSSR count). The second kappa shape index (κ2) is 5.37. The van der Waals surface area contributed by atoms with Crippen molar-refractivity contribution >= 4 is 27.5 Å². The average molecular weight is 332 g/mol. The Labute approximate surface area is 110 Å². The number of alkyl halides is 3. The summed E-state index contributed by atoms with van der Waals surface area (Å²) in [5.74, 6) is 0.452. The molecule has 1 aromatic carbocycles. The van der Waals surface area contributed by atoms with Gasteiger partial charge < -0.3 is 14.6 Å². The van der Waals surface area contributed by atoms with Crippen molar-refractivity contribution in [3.05, 3.63) is 22.2 Å². The Hall–Kier alpha value is -0.590.